The Morgan fingerprint density at radius 1 is 1.09 bits per heavy atom. The molecule has 0 aliphatic heterocycles. The number of para-hydroxylation sites is 1. The van der Waals surface area contributed by atoms with E-state index in [2.05, 4.69) is 21.2 Å². The fraction of sp³-hybridized carbons (Fsp3) is 0.556. The third-order valence-corrected chi connectivity index (χ3v) is 5.35. The van der Waals surface area contributed by atoms with Gasteiger partial charge in [0.05, 0.1) is 5.69 Å². The zero-order valence-corrected chi connectivity index (χ0v) is 15.4. The highest BCUT2D eigenvalue weighted by Gasteiger charge is 2.31. The molecule has 0 radical (unpaired) electrons. The van der Waals surface area contributed by atoms with Gasteiger partial charge in [-0.25, -0.2) is 0 Å². The summed E-state index contributed by atoms with van der Waals surface area (Å²) in [6, 6.07) is 7.62. The topological polar surface area (TPSA) is 49.4 Å². The molecule has 1 aliphatic carbocycles. The SMILES string of the molecule is CCN(CC)C(=O)C1CCC(C(=O)Nc2ccccc2Br)CC1. The molecule has 1 aromatic rings. The number of anilines is 1. The second kappa shape index (κ2) is 8.48. The Labute approximate surface area is 146 Å². The van der Waals surface area contributed by atoms with Gasteiger partial charge in [0, 0.05) is 29.4 Å². The van der Waals surface area contributed by atoms with Crippen LogP contribution in [-0.4, -0.2) is 29.8 Å². The van der Waals surface area contributed by atoms with Crippen molar-refractivity contribution in [2.75, 3.05) is 18.4 Å². The number of nitrogens with one attached hydrogen (secondary N) is 1. The maximum Gasteiger partial charge on any atom is 0.227 e. The molecule has 2 rings (SSSR count). The van der Waals surface area contributed by atoms with E-state index in [1.807, 2.05) is 43.0 Å². The Kier molecular flexibility index (Phi) is 6.63. The molecule has 126 valence electrons. The molecule has 23 heavy (non-hydrogen) atoms. The van der Waals surface area contributed by atoms with Gasteiger partial charge < -0.3 is 10.2 Å². The number of hydrogen-bond acceptors (Lipinski definition) is 2. The number of benzene rings is 1. The van der Waals surface area contributed by atoms with E-state index in [0.717, 1.165) is 48.9 Å². The normalized spacial score (nSPS) is 20.8. The molecule has 5 heteroatoms. The molecule has 0 bridgehead atoms. The molecule has 0 spiro atoms. The number of carbonyl (C=O) groups is 2. The lowest BCUT2D eigenvalue weighted by Crippen LogP contribution is -2.38. The zero-order chi connectivity index (χ0) is 16.8. The van der Waals surface area contributed by atoms with E-state index in [9.17, 15) is 9.59 Å². The number of carbonyl (C=O) groups excluding carboxylic acids is 2. The van der Waals surface area contributed by atoms with E-state index < -0.39 is 0 Å². The molecular weight excluding hydrogens is 356 g/mol. The molecule has 0 heterocycles. The van der Waals surface area contributed by atoms with E-state index in [4.69, 9.17) is 0 Å². The lowest BCUT2D eigenvalue weighted by atomic mass is 9.81. The molecular formula is C18H25BrN2O2. The highest BCUT2D eigenvalue weighted by atomic mass is 79.9. The van der Waals surface area contributed by atoms with Crippen molar-refractivity contribution in [1.29, 1.82) is 0 Å². The number of hydrogen-bond donors (Lipinski definition) is 1. The second-order valence-corrected chi connectivity index (χ2v) is 6.88. The number of rotatable bonds is 5. The van der Waals surface area contributed by atoms with Gasteiger partial charge in [0.25, 0.3) is 0 Å². The van der Waals surface area contributed by atoms with Crippen LogP contribution in [0.3, 0.4) is 0 Å². The lowest BCUT2D eigenvalue weighted by molar-refractivity contribution is -0.137. The van der Waals surface area contributed by atoms with E-state index in [0.29, 0.717) is 0 Å². The Morgan fingerprint density at radius 2 is 1.65 bits per heavy atom. The number of amides is 2. The minimum atomic E-state index is 0.00265. The van der Waals surface area contributed by atoms with E-state index in [1.165, 1.54) is 0 Å². The lowest BCUT2D eigenvalue weighted by Gasteiger charge is -2.30. The highest BCUT2D eigenvalue weighted by molar-refractivity contribution is 9.10. The fourth-order valence-corrected chi connectivity index (χ4v) is 3.58. The summed E-state index contributed by atoms with van der Waals surface area (Å²) in [5, 5.41) is 2.99. The predicted molar refractivity (Wildman–Crippen MR) is 96.1 cm³/mol. The maximum absolute atomic E-state index is 12.4. The van der Waals surface area contributed by atoms with Gasteiger partial charge in [-0.1, -0.05) is 12.1 Å². The van der Waals surface area contributed by atoms with Crippen LogP contribution in [-0.2, 0) is 9.59 Å². The molecule has 2 amide bonds. The van der Waals surface area contributed by atoms with Crippen LogP contribution in [0.1, 0.15) is 39.5 Å². The van der Waals surface area contributed by atoms with Gasteiger partial charge in [0.15, 0.2) is 0 Å². The van der Waals surface area contributed by atoms with E-state index in [-0.39, 0.29) is 23.7 Å². The Bertz CT molecular complexity index is 550. The van der Waals surface area contributed by atoms with Gasteiger partial charge in [-0.05, 0) is 67.6 Å². The quantitative estimate of drug-likeness (QED) is 0.836. The Balaban J connectivity index is 1.88. The van der Waals surface area contributed by atoms with Crippen LogP contribution in [0, 0.1) is 11.8 Å². The summed E-state index contributed by atoms with van der Waals surface area (Å²) < 4.78 is 0.888. The van der Waals surface area contributed by atoms with Crippen LogP contribution in [0.5, 0.6) is 0 Å². The monoisotopic (exact) mass is 380 g/mol. The standard InChI is InChI=1S/C18H25BrN2O2/c1-3-21(4-2)18(23)14-11-9-13(10-12-14)17(22)20-16-8-6-5-7-15(16)19/h5-8,13-14H,3-4,9-12H2,1-2H3,(H,20,22). The third-order valence-electron chi connectivity index (χ3n) is 4.65. The van der Waals surface area contributed by atoms with Crippen molar-refractivity contribution >= 4 is 33.4 Å². The van der Waals surface area contributed by atoms with Crippen molar-refractivity contribution in [2.24, 2.45) is 11.8 Å². The van der Waals surface area contributed by atoms with Crippen molar-refractivity contribution in [3.8, 4) is 0 Å². The molecule has 1 N–H and O–H groups in total. The summed E-state index contributed by atoms with van der Waals surface area (Å²) in [5.41, 5.74) is 0.804. The maximum atomic E-state index is 12.4. The Morgan fingerprint density at radius 3 is 2.22 bits per heavy atom. The van der Waals surface area contributed by atoms with E-state index >= 15 is 0 Å². The van der Waals surface area contributed by atoms with Gasteiger partial charge in [0.2, 0.25) is 11.8 Å². The smallest absolute Gasteiger partial charge is 0.227 e. The van der Waals surface area contributed by atoms with Crippen LogP contribution < -0.4 is 5.32 Å². The first kappa shape index (κ1) is 18.0. The summed E-state index contributed by atoms with van der Waals surface area (Å²) in [6.07, 6.45) is 3.19. The van der Waals surface area contributed by atoms with Crippen LogP contribution in [0.4, 0.5) is 5.69 Å². The van der Waals surface area contributed by atoms with Crippen molar-refractivity contribution in [3.05, 3.63) is 28.7 Å². The zero-order valence-electron chi connectivity index (χ0n) is 13.8. The largest absolute Gasteiger partial charge is 0.343 e. The van der Waals surface area contributed by atoms with Gasteiger partial charge in [-0.3, -0.25) is 9.59 Å². The number of nitrogens with zero attached hydrogens (tertiary/aromatic N) is 1. The van der Waals surface area contributed by atoms with Crippen molar-refractivity contribution in [1.82, 2.24) is 4.90 Å². The van der Waals surface area contributed by atoms with E-state index in [1.54, 1.807) is 0 Å². The summed E-state index contributed by atoms with van der Waals surface area (Å²) in [5.74, 6) is 0.399. The molecule has 0 aromatic heterocycles. The molecule has 0 unspecified atom stereocenters. The third kappa shape index (κ3) is 4.56. The minimum Gasteiger partial charge on any atom is -0.343 e. The summed E-state index contributed by atoms with van der Waals surface area (Å²) in [7, 11) is 0. The van der Waals surface area contributed by atoms with Crippen molar-refractivity contribution in [3.63, 3.8) is 0 Å². The second-order valence-electron chi connectivity index (χ2n) is 6.03. The molecule has 4 nitrogen and oxygen atoms in total. The molecule has 0 saturated heterocycles. The van der Waals surface area contributed by atoms with Gasteiger partial charge >= 0.3 is 0 Å². The highest BCUT2D eigenvalue weighted by Crippen LogP contribution is 2.31. The average Bonchev–Trinajstić information content (AvgIpc) is 2.58. The first-order chi connectivity index (χ1) is 11.1. The molecule has 1 aliphatic rings. The summed E-state index contributed by atoms with van der Waals surface area (Å²) >= 11 is 3.44. The van der Waals surface area contributed by atoms with Crippen LogP contribution in [0.2, 0.25) is 0 Å². The molecule has 1 aromatic carbocycles. The predicted octanol–water partition coefficient (Wildman–Crippen LogP) is 4.06. The van der Waals surface area contributed by atoms with Gasteiger partial charge in [0.1, 0.15) is 0 Å². The number of halogens is 1. The summed E-state index contributed by atoms with van der Waals surface area (Å²) in [6.45, 7) is 5.55. The Hall–Kier alpha value is -1.36. The molecule has 1 saturated carbocycles. The minimum absolute atomic E-state index is 0.00265. The molecule has 0 atom stereocenters. The molecule has 1 fully saturated rings. The fourth-order valence-electron chi connectivity index (χ4n) is 3.19. The van der Waals surface area contributed by atoms with Crippen LogP contribution >= 0.6 is 15.9 Å². The van der Waals surface area contributed by atoms with Crippen LogP contribution in [0.25, 0.3) is 0 Å². The van der Waals surface area contributed by atoms with Gasteiger partial charge in [-0.15, -0.1) is 0 Å². The van der Waals surface area contributed by atoms with Crippen molar-refractivity contribution < 1.29 is 9.59 Å². The summed E-state index contributed by atoms with van der Waals surface area (Å²) in [4.78, 5) is 26.7. The first-order valence-electron chi connectivity index (χ1n) is 8.41. The van der Waals surface area contributed by atoms with Crippen LogP contribution in [0.15, 0.2) is 28.7 Å². The first-order valence-corrected chi connectivity index (χ1v) is 9.20. The van der Waals surface area contributed by atoms with Gasteiger partial charge in [-0.2, -0.15) is 0 Å². The van der Waals surface area contributed by atoms with Crippen molar-refractivity contribution in [2.45, 2.75) is 39.5 Å². The average molecular weight is 381 g/mol.